The Morgan fingerprint density at radius 2 is 1.85 bits per heavy atom. The Labute approximate surface area is 79.9 Å². The summed E-state index contributed by atoms with van der Waals surface area (Å²) in [7, 11) is 0. The molecule has 13 heavy (non-hydrogen) atoms. The fourth-order valence-corrected chi connectivity index (χ4v) is 4.71. The number of hydrogen-bond donors (Lipinski definition) is 0. The van der Waals surface area contributed by atoms with Gasteiger partial charge in [0.25, 0.3) is 0 Å². The van der Waals surface area contributed by atoms with Crippen molar-refractivity contribution < 1.29 is 4.79 Å². The molecule has 1 nitrogen and oxygen atoms in total. The van der Waals surface area contributed by atoms with Crippen LogP contribution in [0.5, 0.6) is 0 Å². The minimum absolute atomic E-state index is 0.377. The second-order valence-corrected chi connectivity index (χ2v) is 6.42. The Kier molecular flexibility index (Phi) is 1.24. The lowest BCUT2D eigenvalue weighted by Gasteiger charge is -2.44. The molecule has 0 saturated heterocycles. The lowest BCUT2D eigenvalue weighted by atomic mass is 9.60. The van der Waals surface area contributed by atoms with Crippen molar-refractivity contribution in [2.24, 2.45) is 22.7 Å². The van der Waals surface area contributed by atoms with E-state index in [1.807, 2.05) is 0 Å². The summed E-state index contributed by atoms with van der Waals surface area (Å²) >= 11 is 0. The molecule has 3 fully saturated rings. The van der Waals surface area contributed by atoms with Crippen molar-refractivity contribution in [1.29, 1.82) is 0 Å². The first-order chi connectivity index (χ1) is 6.00. The smallest absolute Gasteiger partial charge is 0.136 e. The third kappa shape index (κ3) is 0.963. The molecule has 4 unspecified atom stereocenters. The Morgan fingerprint density at radius 1 is 1.15 bits per heavy atom. The van der Waals surface area contributed by atoms with E-state index in [1.54, 1.807) is 0 Å². The van der Waals surface area contributed by atoms with Crippen molar-refractivity contribution in [3.8, 4) is 0 Å². The van der Waals surface area contributed by atoms with E-state index in [0.29, 0.717) is 22.5 Å². The van der Waals surface area contributed by atoms with Gasteiger partial charge in [-0.05, 0) is 42.4 Å². The Bertz CT molecular complexity index is 283. The number of Topliss-reactive ketones (excluding diaryl/α,β-unsaturated/α-hetero) is 1. The van der Waals surface area contributed by atoms with E-state index in [0.717, 1.165) is 12.3 Å². The van der Waals surface area contributed by atoms with Crippen LogP contribution in [-0.4, -0.2) is 5.78 Å². The first kappa shape index (κ1) is 8.02. The molecule has 0 aliphatic heterocycles. The summed E-state index contributed by atoms with van der Waals surface area (Å²) in [4.78, 5) is 11.9. The fourth-order valence-electron chi connectivity index (χ4n) is 4.71. The molecular formula is C12H18O. The molecule has 0 aromatic rings. The first-order valence-electron chi connectivity index (χ1n) is 5.53. The van der Waals surface area contributed by atoms with Gasteiger partial charge in [-0.3, -0.25) is 4.79 Å². The molecule has 0 amide bonds. The van der Waals surface area contributed by atoms with Crippen LogP contribution in [0.4, 0.5) is 0 Å². The van der Waals surface area contributed by atoms with Gasteiger partial charge in [-0.2, -0.15) is 0 Å². The summed E-state index contributed by atoms with van der Waals surface area (Å²) in [6.07, 6.45) is 6.05. The number of carbonyl (C=O) groups is 1. The van der Waals surface area contributed by atoms with Crippen molar-refractivity contribution in [2.75, 3.05) is 0 Å². The maximum atomic E-state index is 11.9. The maximum absolute atomic E-state index is 11.9. The minimum Gasteiger partial charge on any atom is -0.299 e. The van der Waals surface area contributed by atoms with Crippen LogP contribution in [-0.2, 0) is 4.79 Å². The zero-order valence-corrected chi connectivity index (χ0v) is 8.60. The monoisotopic (exact) mass is 178 g/mol. The number of carbonyl (C=O) groups excluding carboxylic acids is 1. The van der Waals surface area contributed by atoms with Crippen molar-refractivity contribution in [1.82, 2.24) is 0 Å². The molecule has 0 N–H and O–H groups in total. The normalized spacial score (nSPS) is 58.8. The number of rotatable bonds is 0. The summed E-state index contributed by atoms with van der Waals surface area (Å²) in [5.41, 5.74) is 0.899. The van der Waals surface area contributed by atoms with Crippen LogP contribution in [0, 0.1) is 22.7 Å². The molecule has 3 rings (SSSR count). The standard InChI is InChI=1S/C12H18O/c1-11-3-8-4-12(2,7-11)6-10(13)9(8)5-11/h8-9H,3-7H2,1-2H3. The van der Waals surface area contributed by atoms with Crippen LogP contribution in [0.15, 0.2) is 0 Å². The molecule has 0 heterocycles. The molecule has 0 spiro atoms. The highest BCUT2D eigenvalue weighted by atomic mass is 16.1. The average molecular weight is 178 g/mol. The number of fused-ring (bicyclic) bond motifs is 2. The predicted molar refractivity (Wildman–Crippen MR) is 51.3 cm³/mol. The molecule has 0 aromatic heterocycles. The van der Waals surface area contributed by atoms with E-state index in [4.69, 9.17) is 0 Å². The second-order valence-electron chi connectivity index (χ2n) is 6.42. The van der Waals surface area contributed by atoms with E-state index in [-0.39, 0.29) is 0 Å². The van der Waals surface area contributed by atoms with Gasteiger partial charge in [-0.25, -0.2) is 0 Å². The highest BCUT2D eigenvalue weighted by molar-refractivity contribution is 5.83. The van der Waals surface area contributed by atoms with Crippen LogP contribution >= 0.6 is 0 Å². The summed E-state index contributed by atoms with van der Waals surface area (Å²) in [5, 5.41) is 0. The van der Waals surface area contributed by atoms with E-state index in [9.17, 15) is 4.79 Å². The van der Waals surface area contributed by atoms with E-state index >= 15 is 0 Å². The first-order valence-corrected chi connectivity index (χ1v) is 5.53. The predicted octanol–water partition coefficient (Wildman–Crippen LogP) is 2.79. The third-order valence-corrected chi connectivity index (χ3v) is 4.66. The Hall–Kier alpha value is -0.330. The quantitative estimate of drug-likeness (QED) is 0.557. The van der Waals surface area contributed by atoms with E-state index in [1.165, 1.54) is 25.7 Å². The maximum Gasteiger partial charge on any atom is 0.136 e. The van der Waals surface area contributed by atoms with Gasteiger partial charge in [-0.15, -0.1) is 0 Å². The van der Waals surface area contributed by atoms with Gasteiger partial charge in [-0.1, -0.05) is 13.8 Å². The van der Waals surface area contributed by atoms with Gasteiger partial charge in [0.2, 0.25) is 0 Å². The molecule has 1 heteroatoms. The second kappa shape index (κ2) is 2.02. The molecule has 3 bridgehead atoms. The van der Waals surface area contributed by atoms with Crippen LogP contribution in [0.2, 0.25) is 0 Å². The zero-order valence-electron chi connectivity index (χ0n) is 8.60. The summed E-state index contributed by atoms with van der Waals surface area (Å²) < 4.78 is 0. The Morgan fingerprint density at radius 3 is 2.62 bits per heavy atom. The van der Waals surface area contributed by atoms with Gasteiger partial charge in [0.15, 0.2) is 0 Å². The molecule has 4 atom stereocenters. The summed E-state index contributed by atoms with van der Waals surface area (Å²) in [6.45, 7) is 4.73. The van der Waals surface area contributed by atoms with Crippen LogP contribution in [0.25, 0.3) is 0 Å². The molecule has 0 aromatic carbocycles. The molecular weight excluding hydrogens is 160 g/mol. The highest BCUT2D eigenvalue weighted by Crippen LogP contribution is 2.64. The van der Waals surface area contributed by atoms with Gasteiger partial charge in [0, 0.05) is 12.3 Å². The SMILES string of the molecule is CC12CC(=O)C3CC(C)(CC3C1)C2. The van der Waals surface area contributed by atoms with Crippen molar-refractivity contribution in [3.05, 3.63) is 0 Å². The highest BCUT2D eigenvalue weighted by Gasteiger charge is 2.57. The lowest BCUT2D eigenvalue weighted by Crippen LogP contribution is -2.38. The molecule has 0 radical (unpaired) electrons. The Balaban J connectivity index is 2.07. The van der Waals surface area contributed by atoms with Crippen LogP contribution in [0.1, 0.15) is 46.0 Å². The molecule has 3 saturated carbocycles. The van der Waals surface area contributed by atoms with Gasteiger partial charge >= 0.3 is 0 Å². The zero-order chi connectivity index (χ0) is 9.27. The van der Waals surface area contributed by atoms with Gasteiger partial charge in [0.1, 0.15) is 5.78 Å². The summed E-state index contributed by atoms with van der Waals surface area (Å²) in [6, 6.07) is 0. The van der Waals surface area contributed by atoms with Gasteiger partial charge < -0.3 is 0 Å². The average Bonchev–Trinajstić information content (AvgIpc) is 2.14. The third-order valence-electron chi connectivity index (χ3n) is 4.66. The minimum atomic E-state index is 0.377. The molecule has 72 valence electrons. The van der Waals surface area contributed by atoms with E-state index in [2.05, 4.69) is 13.8 Å². The lowest BCUT2D eigenvalue weighted by molar-refractivity contribution is -0.130. The van der Waals surface area contributed by atoms with Gasteiger partial charge in [0.05, 0.1) is 0 Å². The molecule has 3 aliphatic rings. The van der Waals surface area contributed by atoms with E-state index < -0.39 is 0 Å². The number of hydrogen-bond acceptors (Lipinski definition) is 1. The fraction of sp³-hybridized carbons (Fsp3) is 0.917. The van der Waals surface area contributed by atoms with Crippen molar-refractivity contribution >= 4 is 5.78 Å². The summed E-state index contributed by atoms with van der Waals surface area (Å²) in [5.74, 6) is 1.80. The number of ketones is 1. The topological polar surface area (TPSA) is 17.1 Å². The molecule has 3 aliphatic carbocycles. The van der Waals surface area contributed by atoms with Crippen LogP contribution < -0.4 is 0 Å². The van der Waals surface area contributed by atoms with Crippen molar-refractivity contribution in [2.45, 2.75) is 46.0 Å². The largest absolute Gasteiger partial charge is 0.299 e. The van der Waals surface area contributed by atoms with Crippen molar-refractivity contribution in [3.63, 3.8) is 0 Å². The van der Waals surface area contributed by atoms with Crippen LogP contribution in [0.3, 0.4) is 0 Å².